The van der Waals surface area contributed by atoms with Crippen molar-refractivity contribution >= 4 is 17.6 Å². The summed E-state index contributed by atoms with van der Waals surface area (Å²) in [4.78, 5) is 8.40. The Morgan fingerprint density at radius 3 is 2.93 bits per heavy atom. The van der Waals surface area contributed by atoms with Gasteiger partial charge in [-0.15, -0.1) is 11.8 Å². The first-order valence-corrected chi connectivity index (χ1v) is 6.63. The zero-order valence-corrected chi connectivity index (χ0v) is 10.0. The van der Waals surface area contributed by atoms with E-state index < -0.39 is 0 Å². The van der Waals surface area contributed by atoms with Gasteiger partial charge in [-0.3, -0.25) is 0 Å². The third-order valence-electron chi connectivity index (χ3n) is 2.90. The van der Waals surface area contributed by atoms with E-state index in [0.717, 1.165) is 16.8 Å². The SMILES string of the molecule is CSc1cc(NC2CCC(C)C2)ncn1. The second-order valence-electron chi connectivity index (χ2n) is 4.21. The van der Waals surface area contributed by atoms with Gasteiger partial charge in [-0.05, 0) is 31.4 Å². The summed E-state index contributed by atoms with van der Waals surface area (Å²) in [5, 5.41) is 4.51. The molecule has 15 heavy (non-hydrogen) atoms. The van der Waals surface area contributed by atoms with E-state index in [0.29, 0.717) is 6.04 Å². The van der Waals surface area contributed by atoms with Crippen molar-refractivity contribution in [3.63, 3.8) is 0 Å². The molecule has 82 valence electrons. The summed E-state index contributed by atoms with van der Waals surface area (Å²) in [6.45, 7) is 2.31. The molecule has 0 amide bonds. The number of hydrogen-bond acceptors (Lipinski definition) is 4. The van der Waals surface area contributed by atoms with E-state index in [4.69, 9.17) is 0 Å². The lowest BCUT2D eigenvalue weighted by molar-refractivity contribution is 0.602. The van der Waals surface area contributed by atoms with Crippen molar-refractivity contribution in [1.29, 1.82) is 0 Å². The Balaban J connectivity index is 1.98. The summed E-state index contributed by atoms with van der Waals surface area (Å²) < 4.78 is 0. The van der Waals surface area contributed by atoms with Crippen molar-refractivity contribution in [1.82, 2.24) is 9.97 Å². The highest BCUT2D eigenvalue weighted by Gasteiger charge is 2.21. The lowest BCUT2D eigenvalue weighted by Crippen LogP contribution is -2.16. The quantitative estimate of drug-likeness (QED) is 0.631. The Morgan fingerprint density at radius 2 is 2.27 bits per heavy atom. The molecule has 1 fully saturated rings. The average Bonchev–Trinajstić information content (AvgIpc) is 2.64. The van der Waals surface area contributed by atoms with E-state index >= 15 is 0 Å². The highest BCUT2D eigenvalue weighted by Crippen LogP contribution is 2.27. The lowest BCUT2D eigenvalue weighted by Gasteiger charge is -2.12. The van der Waals surface area contributed by atoms with Crippen LogP contribution < -0.4 is 5.32 Å². The number of nitrogens with one attached hydrogen (secondary N) is 1. The van der Waals surface area contributed by atoms with Crippen LogP contribution in [-0.2, 0) is 0 Å². The van der Waals surface area contributed by atoms with Crippen LogP contribution in [0.4, 0.5) is 5.82 Å². The van der Waals surface area contributed by atoms with E-state index in [1.807, 2.05) is 12.3 Å². The topological polar surface area (TPSA) is 37.8 Å². The van der Waals surface area contributed by atoms with Gasteiger partial charge in [0.2, 0.25) is 0 Å². The molecule has 0 bridgehead atoms. The molecule has 0 aromatic carbocycles. The molecular weight excluding hydrogens is 206 g/mol. The van der Waals surface area contributed by atoms with Crippen LogP contribution in [0.15, 0.2) is 17.4 Å². The minimum absolute atomic E-state index is 0.601. The monoisotopic (exact) mass is 223 g/mol. The molecule has 3 nitrogen and oxygen atoms in total. The van der Waals surface area contributed by atoms with Gasteiger partial charge in [0.1, 0.15) is 17.2 Å². The van der Waals surface area contributed by atoms with Gasteiger partial charge in [0.05, 0.1) is 0 Å². The minimum Gasteiger partial charge on any atom is -0.367 e. The van der Waals surface area contributed by atoms with Gasteiger partial charge < -0.3 is 5.32 Å². The van der Waals surface area contributed by atoms with Crippen molar-refractivity contribution in [3.05, 3.63) is 12.4 Å². The molecule has 2 unspecified atom stereocenters. The zero-order valence-electron chi connectivity index (χ0n) is 9.23. The molecule has 0 aliphatic heterocycles. The summed E-state index contributed by atoms with van der Waals surface area (Å²) >= 11 is 1.65. The molecular formula is C11H17N3S. The largest absolute Gasteiger partial charge is 0.367 e. The van der Waals surface area contributed by atoms with E-state index in [-0.39, 0.29) is 0 Å². The first kappa shape index (κ1) is 10.7. The molecule has 1 aliphatic rings. The molecule has 1 saturated carbocycles. The highest BCUT2D eigenvalue weighted by molar-refractivity contribution is 7.98. The predicted octanol–water partition coefficient (Wildman–Crippen LogP) is 2.80. The number of hydrogen-bond donors (Lipinski definition) is 1. The van der Waals surface area contributed by atoms with Crippen LogP contribution in [0.2, 0.25) is 0 Å². The fourth-order valence-corrected chi connectivity index (χ4v) is 2.46. The maximum absolute atomic E-state index is 4.24. The molecule has 1 heterocycles. The van der Waals surface area contributed by atoms with Crippen LogP contribution >= 0.6 is 11.8 Å². The predicted molar refractivity (Wildman–Crippen MR) is 64.2 cm³/mol. The number of aromatic nitrogens is 2. The summed E-state index contributed by atoms with van der Waals surface area (Å²) in [7, 11) is 0. The molecule has 1 N–H and O–H groups in total. The van der Waals surface area contributed by atoms with Crippen LogP contribution in [0.25, 0.3) is 0 Å². The van der Waals surface area contributed by atoms with Crippen LogP contribution in [0.5, 0.6) is 0 Å². The van der Waals surface area contributed by atoms with E-state index in [2.05, 4.69) is 22.2 Å². The van der Waals surface area contributed by atoms with Crippen LogP contribution in [0, 0.1) is 5.92 Å². The fraction of sp³-hybridized carbons (Fsp3) is 0.636. The first-order chi connectivity index (χ1) is 7.28. The second kappa shape index (κ2) is 4.84. The zero-order chi connectivity index (χ0) is 10.7. The van der Waals surface area contributed by atoms with Gasteiger partial charge in [0.15, 0.2) is 0 Å². The van der Waals surface area contributed by atoms with E-state index in [1.54, 1.807) is 18.1 Å². The minimum atomic E-state index is 0.601. The molecule has 1 aromatic rings. The third-order valence-corrected chi connectivity index (χ3v) is 3.54. The van der Waals surface area contributed by atoms with Crippen molar-refractivity contribution in [2.24, 2.45) is 5.92 Å². The highest BCUT2D eigenvalue weighted by atomic mass is 32.2. The molecule has 0 radical (unpaired) electrons. The second-order valence-corrected chi connectivity index (χ2v) is 5.03. The first-order valence-electron chi connectivity index (χ1n) is 5.40. The summed E-state index contributed by atoms with van der Waals surface area (Å²) in [6.07, 6.45) is 7.52. The van der Waals surface area contributed by atoms with Gasteiger partial charge >= 0.3 is 0 Å². The number of rotatable bonds is 3. The third kappa shape index (κ3) is 2.84. The lowest BCUT2D eigenvalue weighted by atomic mass is 10.1. The van der Waals surface area contributed by atoms with Gasteiger partial charge in [-0.25, -0.2) is 9.97 Å². The molecule has 1 aromatic heterocycles. The van der Waals surface area contributed by atoms with Gasteiger partial charge in [0, 0.05) is 12.1 Å². The number of anilines is 1. The van der Waals surface area contributed by atoms with Gasteiger partial charge in [-0.1, -0.05) is 6.92 Å². The number of nitrogens with zero attached hydrogens (tertiary/aromatic N) is 2. The van der Waals surface area contributed by atoms with Crippen LogP contribution in [0.1, 0.15) is 26.2 Å². The molecule has 1 aliphatic carbocycles. The average molecular weight is 223 g/mol. The summed E-state index contributed by atoms with van der Waals surface area (Å²) in [5.74, 6) is 1.82. The fourth-order valence-electron chi connectivity index (χ4n) is 2.08. The standard InChI is InChI=1S/C11H17N3S/c1-8-3-4-9(5-8)14-10-6-11(15-2)13-7-12-10/h6-9H,3-5H2,1-2H3,(H,12,13,14). The molecule has 2 atom stereocenters. The normalized spacial score (nSPS) is 25.5. The smallest absolute Gasteiger partial charge is 0.130 e. The molecule has 2 rings (SSSR count). The maximum Gasteiger partial charge on any atom is 0.130 e. The van der Waals surface area contributed by atoms with Crippen molar-refractivity contribution < 1.29 is 0 Å². The molecule has 0 saturated heterocycles. The maximum atomic E-state index is 4.24. The Kier molecular flexibility index (Phi) is 3.46. The summed E-state index contributed by atoms with van der Waals surface area (Å²) in [6, 6.07) is 2.62. The van der Waals surface area contributed by atoms with E-state index in [1.165, 1.54) is 19.3 Å². The van der Waals surface area contributed by atoms with E-state index in [9.17, 15) is 0 Å². The Bertz CT molecular complexity index is 329. The Hall–Kier alpha value is -0.770. The van der Waals surface area contributed by atoms with Gasteiger partial charge in [-0.2, -0.15) is 0 Å². The molecule has 0 spiro atoms. The summed E-state index contributed by atoms with van der Waals surface area (Å²) in [5.41, 5.74) is 0. The van der Waals surface area contributed by atoms with Crippen molar-refractivity contribution in [3.8, 4) is 0 Å². The van der Waals surface area contributed by atoms with Crippen molar-refractivity contribution in [2.75, 3.05) is 11.6 Å². The Labute approximate surface area is 95.1 Å². The van der Waals surface area contributed by atoms with Crippen LogP contribution in [-0.4, -0.2) is 22.3 Å². The number of thioether (sulfide) groups is 1. The van der Waals surface area contributed by atoms with Crippen molar-refractivity contribution in [2.45, 2.75) is 37.3 Å². The Morgan fingerprint density at radius 1 is 1.40 bits per heavy atom. The van der Waals surface area contributed by atoms with Crippen LogP contribution in [0.3, 0.4) is 0 Å². The molecule has 4 heteroatoms. The van der Waals surface area contributed by atoms with Gasteiger partial charge in [0.25, 0.3) is 0 Å².